The number of carbonyl (C=O) groups excluding carboxylic acids is 4. The van der Waals surface area contributed by atoms with Crippen LogP contribution in [0.4, 0.5) is 0 Å². The van der Waals surface area contributed by atoms with Crippen molar-refractivity contribution in [1.29, 1.82) is 0 Å². The van der Waals surface area contributed by atoms with Crippen molar-refractivity contribution >= 4 is 23.1 Å². The summed E-state index contributed by atoms with van der Waals surface area (Å²) >= 11 is 0. The van der Waals surface area contributed by atoms with Gasteiger partial charge >= 0.3 is 0 Å². The lowest BCUT2D eigenvalue weighted by Gasteiger charge is -2.20. The normalized spacial score (nSPS) is 15.8. The minimum absolute atomic E-state index is 0.00560. The highest BCUT2D eigenvalue weighted by Gasteiger charge is 2.31. The van der Waals surface area contributed by atoms with Crippen molar-refractivity contribution in [2.45, 2.75) is 79.1 Å². The topological polar surface area (TPSA) is 213 Å². The first kappa shape index (κ1) is 36.0. The van der Waals surface area contributed by atoms with E-state index in [-0.39, 0.29) is 41.5 Å². The van der Waals surface area contributed by atoms with E-state index in [1.165, 1.54) is 6.92 Å². The van der Waals surface area contributed by atoms with Gasteiger partial charge in [-0.15, -0.1) is 20.2 Å². The average molecular weight is 595 g/mol. The zero-order chi connectivity index (χ0) is 32.0. The first-order valence-electron chi connectivity index (χ1n) is 13.5. The van der Waals surface area contributed by atoms with E-state index in [0.717, 1.165) is 0 Å². The van der Waals surface area contributed by atoms with Gasteiger partial charge in [0.15, 0.2) is 23.1 Å². The number of carbonyl (C=O) groups is 4. The lowest BCUT2D eigenvalue weighted by molar-refractivity contribution is -0.757. The Balaban J connectivity index is 0.000000422. The van der Waals surface area contributed by atoms with Gasteiger partial charge in [0.05, 0.1) is 26.4 Å². The number of nitrogens with zero attached hydrogens (tertiary/aromatic N) is 2. The van der Waals surface area contributed by atoms with Gasteiger partial charge in [0, 0.05) is 44.6 Å². The Morgan fingerprint density at radius 1 is 0.524 bits per heavy atom. The van der Waals surface area contributed by atoms with Crippen molar-refractivity contribution in [3.8, 4) is 0 Å². The highest BCUT2D eigenvalue weighted by Crippen LogP contribution is 2.28. The number of hydrogen-bond donors (Lipinski definition) is 2. The third-order valence-electron chi connectivity index (χ3n) is 7.14. The molecule has 0 amide bonds. The molecular formula is C28H38N2O12. The van der Waals surface area contributed by atoms with Crippen molar-refractivity contribution in [3.63, 3.8) is 0 Å². The molecule has 0 aromatic rings. The van der Waals surface area contributed by atoms with Gasteiger partial charge in [0.2, 0.25) is 0 Å². The molecule has 0 saturated carbocycles. The molecule has 42 heavy (non-hydrogen) atoms. The van der Waals surface area contributed by atoms with Crippen LogP contribution in [0.25, 0.3) is 0 Å². The fraction of sp³-hybridized carbons (Fsp3) is 0.571. The fourth-order valence-electron chi connectivity index (χ4n) is 4.52. The number of ketones is 4. The second kappa shape index (κ2) is 17.7. The standard InChI is InChI=1S/C14H19NO7.C14H19NO5/c1-9-10(5-3-2-4-6-22-15(20)21)14(19)12(8-17)11(7-16)13(9)18;1-9-10(2)14(17)12(11(3)13(9)16)7-5-4-6-8-20-15(18)19/h16-17H,2-8H2,1H3;4-8H2,1-3H3. The minimum Gasteiger partial charge on any atom is -0.392 e. The van der Waals surface area contributed by atoms with Gasteiger partial charge in [-0.25, -0.2) is 0 Å². The lowest BCUT2D eigenvalue weighted by Crippen LogP contribution is -2.26. The van der Waals surface area contributed by atoms with Gasteiger partial charge in [-0.3, -0.25) is 19.2 Å². The van der Waals surface area contributed by atoms with E-state index in [1.54, 1.807) is 20.8 Å². The number of rotatable bonds is 16. The van der Waals surface area contributed by atoms with Crippen LogP contribution < -0.4 is 0 Å². The molecule has 0 aromatic carbocycles. The van der Waals surface area contributed by atoms with Crippen LogP contribution >= 0.6 is 0 Å². The fourth-order valence-corrected chi connectivity index (χ4v) is 4.52. The molecule has 2 aliphatic rings. The van der Waals surface area contributed by atoms with Crippen LogP contribution in [0.1, 0.15) is 79.1 Å². The number of hydrogen-bond acceptors (Lipinski definition) is 12. The first-order chi connectivity index (χ1) is 19.8. The molecule has 0 saturated heterocycles. The molecule has 232 valence electrons. The second-order valence-corrected chi connectivity index (χ2v) is 9.78. The minimum atomic E-state index is -0.856. The Labute approximate surface area is 243 Å². The number of Topliss-reactive ketones (excluding diaryl/α,β-unsaturated/α-hetero) is 4. The summed E-state index contributed by atoms with van der Waals surface area (Å²) < 4.78 is 0. The molecule has 0 heterocycles. The average Bonchev–Trinajstić information content (AvgIpc) is 2.95. The Hall–Kier alpha value is -4.04. The van der Waals surface area contributed by atoms with E-state index in [4.69, 9.17) is 5.11 Å². The molecule has 2 aliphatic carbocycles. The van der Waals surface area contributed by atoms with E-state index in [0.29, 0.717) is 79.2 Å². The second-order valence-electron chi connectivity index (χ2n) is 9.78. The molecule has 0 aliphatic heterocycles. The molecule has 0 fully saturated rings. The summed E-state index contributed by atoms with van der Waals surface area (Å²) in [7, 11) is 0. The molecule has 14 heteroatoms. The molecular weight excluding hydrogens is 556 g/mol. The molecule has 2 N–H and O–H groups in total. The van der Waals surface area contributed by atoms with Crippen molar-refractivity contribution in [2.75, 3.05) is 26.4 Å². The molecule has 2 rings (SSSR count). The molecule has 0 unspecified atom stereocenters. The maximum atomic E-state index is 12.2. The molecule has 14 nitrogen and oxygen atoms in total. The summed E-state index contributed by atoms with van der Waals surface area (Å²) in [5.41, 5.74) is 2.67. The van der Waals surface area contributed by atoms with E-state index in [2.05, 4.69) is 9.68 Å². The molecule has 0 aromatic heterocycles. The van der Waals surface area contributed by atoms with Crippen molar-refractivity contribution in [1.82, 2.24) is 0 Å². The maximum absolute atomic E-state index is 12.2. The van der Waals surface area contributed by atoms with Crippen LogP contribution in [0.5, 0.6) is 0 Å². The Morgan fingerprint density at radius 3 is 1.31 bits per heavy atom. The van der Waals surface area contributed by atoms with Crippen LogP contribution in [-0.2, 0) is 28.9 Å². The number of aliphatic hydroxyl groups excluding tert-OH is 2. The summed E-state index contributed by atoms with van der Waals surface area (Å²) in [6.45, 7) is 5.44. The van der Waals surface area contributed by atoms with E-state index in [1.807, 2.05) is 0 Å². The van der Waals surface area contributed by atoms with Crippen LogP contribution in [0, 0.1) is 20.2 Å². The van der Waals surface area contributed by atoms with Crippen LogP contribution in [0.2, 0.25) is 0 Å². The summed E-state index contributed by atoms with van der Waals surface area (Å²) in [6.07, 6.45) is 4.50. The quantitative estimate of drug-likeness (QED) is 0.114. The van der Waals surface area contributed by atoms with Gasteiger partial charge in [0.1, 0.15) is 0 Å². The van der Waals surface area contributed by atoms with Crippen molar-refractivity contribution in [3.05, 3.63) is 64.8 Å². The third kappa shape index (κ3) is 10.1. The van der Waals surface area contributed by atoms with Crippen molar-refractivity contribution in [2.24, 2.45) is 0 Å². The smallest absolute Gasteiger partial charge is 0.294 e. The summed E-state index contributed by atoms with van der Waals surface area (Å²) in [6, 6.07) is 0. The molecule has 0 bridgehead atoms. The first-order valence-corrected chi connectivity index (χ1v) is 13.5. The van der Waals surface area contributed by atoms with Gasteiger partial charge in [-0.1, -0.05) is 12.8 Å². The van der Waals surface area contributed by atoms with Gasteiger partial charge < -0.3 is 19.9 Å². The zero-order valence-electron chi connectivity index (χ0n) is 24.4. The van der Waals surface area contributed by atoms with Crippen LogP contribution in [0.15, 0.2) is 44.6 Å². The van der Waals surface area contributed by atoms with Crippen molar-refractivity contribution < 1.29 is 49.2 Å². The number of unbranched alkanes of at least 4 members (excludes halogenated alkanes) is 4. The molecule has 0 radical (unpaired) electrons. The Morgan fingerprint density at radius 2 is 0.881 bits per heavy atom. The van der Waals surface area contributed by atoms with E-state index >= 15 is 0 Å². The molecule has 0 atom stereocenters. The zero-order valence-corrected chi connectivity index (χ0v) is 24.4. The highest BCUT2D eigenvalue weighted by molar-refractivity contribution is 6.25. The lowest BCUT2D eigenvalue weighted by atomic mass is 9.83. The third-order valence-corrected chi connectivity index (χ3v) is 7.14. The predicted octanol–water partition coefficient (Wildman–Crippen LogP) is 3.06. The van der Waals surface area contributed by atoms with Crippen LogP contribution in [0.3, 0.4) is 0 Å². The van der Waals surface area contributed by atoms with E-state index < -0.39 is 35.0 Å². The largest absolute Gasteiger partial charge is 0.392 e. The number of aliphatic hydroxyl groups is 2. The van der Waals surface area contributed by atoms with Crippen LogP contribution in [-0.4, -0.2) is 69.9 Å². The summed E-state index contributed by atoms with van der Waals surface area (Å²) in [5, 5.41) is 36.7. The molecule has 0 spiro atoms. The predicted molar refractivity (Wildman–Crippen MR) is 148 cm³/mol. The van der Waals surface area contributed by atoms with Gasteiger partial charge in [-0.05, 0) is 66.2 Å². The number of allylic oxidation sites excluding steroid dienone is 6. The SMILES string of the molecule is CC1=C(C)C(=O)C(CCCCCO[N+](=O)[O-])=C(C)C1=O.CC1=C(CCCCCO[N+](=O)[O-])C(=O)C(CO)=C(CO)C1=O. The Bertz CT molecular complexity index is 1220. The summed E-state index contributed by atoms with van der Waals surface area (Å²) in [4.78, 5) is 76.7. The highest BCUT2D eigenvalue weighted by atomic mass is 17.0. The van der Waals surface area contributed by atoms with Gasteiger partial charge in [-0.2, -0.15) is 0 Å². The Kier molecular flexibility index (Phi) is 15.2. The van der Waals surface area contributed by atoms with Gasteiger partial charge in [0.25, 0.3) is 10.2 Å². The maximum Gasteiger partial charge on any atom is 0.294 e. The monoisotopic (exact) mass is 594 g/mol. The summed E-state index contributed by atoms with van der Waals surface area (Å²) in [5.74, 6) is -0.946. The van der Waals surface area contributed by atoms with E-state index in [9.17, 15) is 44.5 Å².